The van der Waals surface area contributed by atoms with Crippen molar-refractivity contribution in [1.29, 1.82) is 0 Å². The Bertz CT molecular complexity index is 907. The van der Waals surface area contributed by atoms with Crippen LogP contribution in [0, 0.1) is 0 Å². The Morgan fingerprint density at radius 1 is 1.28 bits per heavy atom. The van der Waals surface area contributed by atoms with Gasteiger partial charge in [0.2, 0.25) is 5.91 Å². The summed E-state index contributed by atoms with van der Waals surface area (Å²) in [7, 11) is -1.84. The minimum Gasteiger partial charge on any atom is -0.351 e. The molecule has 0 spiro atoms. The number of thiophene rings is 1. The molecule has 0 bridgehead atoms. The number of nitrogens with zero attached hydrogens (tertiary/aromatic N) is 3. The summed E-state index contributed by atoms with van der Waals surface area (Å²) in [6.45, 7) is 4.51. The van der Waals surface area contributed by atoms with Gasteiger partial charge in [0, 0.05) is 49.7 Å². The largest absolute Gasteiger partial charge is 0.351 e. The predicted molar refractivity (Wildman–Crippen MR) is 114 cm³/mol. The molecule has 1 saturated heterocycles. The van der Waals surface area contributed by atoms with Crippen LogP contribution in [-0.2, 0) is 27.8 Å². The first-order valence-electron chi connectivity index (χ1n) is 9.79. The molecule has 0 radical (unpaired) electrons. The smallest absolute Gasteiger partial charge is 0.252 e. The number of piperidine rings is 1. The molecule has 29 heavy (non-hydrogen) atoms. The number of carbonyl (C=O) groups is 1. The van der Waals surface area contributed by atoms with Gasteiger partial charge in [-0.05, 0) is 50.2 Å². The van der Waals surface area contributed by atoms with Crippen LogP contribution in [0.25, 0.3) is 0 Å². The molecular weight excluding hydrogens is 408 g/mol. The van der Waals surface area contributed by atoms with Crippen LogP contribution < -0.4 is 5.32 Å². The summed E-state index contributed by atoms with van der Waals surface area (Å²) in [6.07, 6.45) is 4.36. The van der Waals surface area contributed by atoms with Crippen LogP contribution in [0.15, 0.2) is 40.7 Å². The van der Waals surface area contributed by atoms with Gasteiger partial charge in [0.25, 0.3) is 10.0 Å². The van der Waals surface area contributed by atoms with Gasteiger partial charge >= 0.3 is 0 Å². The molecule has 158 valence electrons. The van der Waals surface area contributed by atoms with Crippen LogP contribution in [0.5, 0.6) is 0 Å². The van der Waals surface area contributed by atoms with Crippen molar-refractivity contribution in [2.45, 2.75) is 43.0 Å². The zero-order chi connectivity index (χ0) is 20.9. The highest BCUT2D eigenvalue weighted by molar-refractivity contribution is 7.91. The molecule has 1 aliphatic heterocycles. The Morgan fingerprint density at radius 3 is 2.69 bits per heavy atom. The van der Waals surface area contributed by atoms with Crippen molar-refractivity contribution in [3.05, 3.63) is 47.1 Å². The number of rotatable bonds is 8. The average molecular weight is 437 g/mol. The molecule has 0 aliphatic carbocycles. The molecule has 1 N–H and O–H groups in total. The zero-order valence-corrected chi connectivity index (χ0v) is 18.5. The van der Waals surface area contributed by atoms with Crippen LogP contribution in [0.1, 0.15) is 30.3 Å². The highest BCUT2D eigenvalue weighted by Gasteiger charge is 2.31. The molecule has 0 saturated carbocycles. The van der Waals surface area contributed by atoms with Crippen LogP contribution in [0.3, 0.4) is 0 Å². The van der Waals surface area contributed by atoms with Crippen molar-refractivity contribution in [3.8, 4) is 0 Å². The van der Waals surface area contributed by atoms with E-state index in [9.17, 15) is 13.2 Å². The Kier molecular flexibility index (Phi) is 7.39. The molecule has 1 aliphatic rings. The highest BCUT2D eigenvalue weighted by atomic mass is 32.2. The maximum Gasteiger partial charge on any atom is 0.252 e. The number of hydrogen-bond donors (Lipinski definition) is 1. The summed E-state index contributed by atoms with van der Waals surface area (Å²) < 4.78 is 27.9. The average Bonchev–Trinajstić information content (AvgIpc) is 3.21. The minimum absolute atomic E-state index is 0.00648. The van der Waals surface area contributed by atoms with E-state index in [0.717, 1.165) is 49.5 Å². The first-order chi connectivity index (χ1) is 13.9. The molecule has 7 nitrogen and oxygen atoms in total. The summed E-state index contributed by atoms with van der Waals surface area (Å²) >= 11 is 1.22. The van der Waals surface area contributed by atoms with E-state index in [0.29, 0.717) is 10.8 Å². The molecule has 2 aromatic rings. The van der Waals surface area contributed by atoms with E-state index in [2.05, 4.69) is 15.2 Å². The van der Waals surface area contributed by atoms with Crippen molar-refractivity contribution in [1.82, 2.24) is 19.5 Å². The molecule has 9 heteroatoms. The summed E-state index contributed by atoms with van der Waals surface area (Å²) in [6, 6.07) is 9.36. The molecular formula is C20H28N4O3S2. The van der Waals surface area contributed by atoms with Gasteiger partial charge in [0.1, 0.15) is 4.21 Å². The second-order valence-corrected chi connectivity index (χ2v) is 10.7. The number of hydrogen-bond acceptors (Lipinski definition) is 6. The van der Waals surface area contributed by atoms with Crippen LogP contribution in [0.4, 0.5) is 0 Å². The number of likely N-dealkylation sites (tertiary alicyclic amines) is 1. The topological polar surface area (TPSA) is 82.6 Å². The van der Waals surface area contributed by atoms with E-state index >= 15 is 0 Å². The van der Waals surface area contributed by atoms with Gasteiger partial charge in [-0.3, -0.25) is 9.78 Å². The third-order valence-electron chi connectivity index (χ3n) is 5.26. The van der Waals surface area contributed by atoms with Crippen LogP contribution in [0.2, 0.25) is 0 Å². The third-order valence-corrected chi connectivity index (χ3v) is 8.73. The number of sulfonamides is 1. The lowest BCUT2D eigenvalue weighted by atomic mass is 10.1. The summed E-state index contributed by atoms with van der Waals surface area (Å²) in [5.41, 5.74) is 1.09. The monoisotopic (exact) mass is 436 g/mol. The molecule has 2 aromatic heterocycles. The Labute approximate surface area is 176 Å². The number of nitrogens with one attached hydrogen (secondary N) is 1. The number of amides is 1. The number of aromatic nitrogens is 1. The number of pyridine rings is 1. The van der Waals surface area contributed by atoms with Crippen molar-refractivity contribution >= 4 is 27.3 Å². The van der Waals surface area contributed by atoms with Gasteiger partial charge in [0.05, 0.1) is 6.54 Å². The molecule has 0 aromatic carbocycles. The van der Waals surface area contributed by atoms with Gasteiger partial charge in [-0.1, -0.05) is 6.07 Å². The Hall–Kier alpha value is -1.81. The predicted octanol–water partition coefficient (Wildman–Crippen LogP) is 2.11. The minimum atomic E-state index is -3.52. The number of carbonyl (C=O) groups excluding carboxylic acids is 1. The van der Waals surface area contributed by atoms with Crippen molar-refractivity contribution in [2.75, 3.05) is 26.7 Å². The molecule has 3 heterocycles. The molecule has 0 unspecified atom stereocenters. The lowest BCUT2D eigenvalue weighted by Crippen LogP contribution is -2.45. The maximum atomic E-state index is 13.0. The second-order valence-electron chi connectivity index (χ2n) is 7.30. The van der Waals surface area contributed by atoms with Crippen molar-refractivity contribution < 1.29 is 13.2 Å². The second kappa shape index (κ2) is 9.80. The Morgan fingerprint density at radius 2 is 2.03 bits per heavy atom. The van der Waals surface area contributed by atoms with Crippen LogP contribution in [-0.4, -0.2) is 61.2 Å². The van der Waals surface area contributed by atoms with E-state index in [1.807, 2.05) is 24.4 Å². The van der Waals surface area contributed by atoms with Gasteiger partial charge in [-0.2, -0.15) is 4.31 Å². The zero-order valence-electron chi connectivity index (χ0n) is 16.9. The fourth-order valence-corrected chi connectivity index (χ4v) is 6.36. The molecule has 3 rings (SSSR count). The van der Waals surface area contributed by atoms with E-state index in [-0.39, 0.29) is 11.9 Å². The van der Waals surface area contributed by atoms with Gasteiger partial charge < -0.3 is 10.2 Å². The highest BCUT2D eigenvalue weighted by Crippen LogP contribution is 2.28. The standard InChI is InChI=1S/C20H28N4O3S2/c1-16(25)22-15-19-6-7-20(28-19)29(26,27)23(2)18-9-13-24(14-10-18)12-8-17-5-3-4-11-21-17/h3-7,11,18H,8-10,12-15H2,1-2H3,(H,22,25). The maximum absolute atomic E-state index is 13.0. The lowest BCUT2D eigenvalue weighted by molar-refractivity contribution is -0.119. The molecule has 1 fully saturated rings. The summed E-state index contributed by atoms with van der Waals surface area (Å²) in [5, 5.41) is 2.70. The fourth-order valence-electron chi connectivity index (χ4n) is 3.47. The van der Waals surface area contributed by atoms with Gasteiger partial charge in [-0.15, -0.1) is 11.3 Å². The quantitative estimate of drug-likeness (QED) is 0.685. The van der Waals surface area contributed by atoms with Gasteiger partial charge in [0.15, 0.2) is 0 Å². The first kappa shape index (κ1) is 21.9. The first-order valence-corrected chi connectivity index (χ1v) is 12.1. The summed E-state index contributed by atoms with van der Waals surface area (Å²) in [5.74, 6) is -0.130. The summed E-state index contributed by atoms with van der Waals surface area (Å²) in [4.78, 5) is 18.6. The van der Waals surface area contributed by atoms with Crippen molar-refractivity contribution in [2.24, 2.45) is 0 Å². The normalized spacial score (nSPS) is 16.2. The van der Waals surface area contributed by atoms with E-state index in [1.165, 1.54) is 22.6 Å². The van der Waals surface area contributed by atoms with E-state index < -0.39 is 10.0 Å². The third kappa shape index (κ3) is 5.85. The Balaban J connectivity index is 1.52. The lowest BCUT2D eigenvalue weighted by Gasteiger charge is -2.35. The SMILES string of the molecule is CC(=O)NCc1ccc(S(=O)(=O)N(C)C2CCN(CCc3ccccn3)CC2)s1. The van der Waals surface area contributed by atoms with Crippen molar-refractivity contribution in [3.63, 3.8) is 0 Å². The fraction of sp³-hybridized carbons (Fsp3) is 0.500. The molecule has 0 atom stereocenters. The van der Waals surface area contributed by atoms with E-state index in [4.69, 9.17) is 0 Å². The van der Waals surface area contributed by atoms with Crippen LogP contribution >= 0.6 is 11.3 Å². The van der Waals surface area contributed by atoms with E-state index in [1.54, 1.807) is 19.2 Å². The van der Waals surface area contributed by atoms with Gasteiger partial charge in [-0.25, -0.2) is 8.42 Å². The molecule has 1 amide bonds.